The highest BCUT2D eigenvalue weighted by Gasteiger charge is 2.14. The number of rotatable bonds is 8. The van der Waals surface area contributed by atoms with E-state index in [1.54, 1.807) is 29.2 Å². The van der Waals surface area contributed by atoms with Gasteiger partial charge in [-0.25, -0.2) is 4.79 Å². The van der Waals surface area contributed by atoms with Gasteiger partial charge in [0.25, 0.3) is 5.91 Å². The van der Waals surface area contributed by atoms with E-state index < -0.39 is 5.97 Å². The van der Waals surface area contributed by atoms with Crippen LogP contribution in [-0.4, -0.2) is 43.1 Å². The van der Waals surface area contributed by atoms with Gasteiger partial charge in [0.2, 0.25) is 0 Å². The Labute approximate surface area is 135 Å². The fraction of sp³-hybridized carbons (Fsp3) is 0.375. The van der Waals surface area contributed by atoms with Gasteiger partial charge < -0.3 is 14.4 Å². The molecular formula is C16H20ClNO4. The minimum Gasteiger partial charge on any atom is -0.482 e. The molecule has 0 aliphatic carbocycles. The Morgan fingerprint density at radius 2 is 2.05 bits per heavy atom. The van der Waals surface area contributed by atoms with Crippen LogP contribution in [0.3, 0.4) is 0 Å². The van der Waals surface area contributed by atoms with E-state index in [0.29, 0.717) is 23.9 Å². The van der Waals surface area contributed by atoms with Crippen LogP contribution in [0.2, 0.25) is 5.02 Å². The lowest BCUT2D eigenvalue weighted by atomic mass is 10.3. The molecular weight excluding hydrogens is 306 g/mol. The Kier molecular flexibility index (Phi) is 7.46. The van der Waals surface area contributed by atoms with Crippen LogP contribution >= 0.6 is 11.6 Å². The van der Waals surface area contributed by atoms with E-state index in [9.17, 15) is 9.59 Å². The first-order chi connectivity index (χ1) is 10.4. The highest BCUT2D eigenvalue weighted by Crippen LogP contribution is 2.16. The van der Waals surface area contributed by atoms with Gasteiger partial charge in [0, 0.05) is 18.1 Å². The molecule has 0 unspecified atom stereocenters. The van der Waals surface area contributed by atoms with Gasteiger partial charge in [-0.05, 0) is 32.0 Å². The molecule has 0 N–H and O–H groups in total. The number of hydrogen-bond acceptors (Lipinski definition) is 4. The molecule has 0 aliphatic heterocycles. The zero-order valence-electron chi connectivity index (χ0n) is 12.8. The number of amides is 1. The third-order valence-corrected chi connectivity index (χ3v) is 2.94. The molecule has 5 nitrogen and oxygen atoms in total. The van der Waals surface area contributed by atoms with E-state index in [4.69, 9.17) is 21.1 Å². The van der Waals surface area contributed by atoms with E-state index in [1.165, 1.54) is 0 Å². The molecule has 0 bridgehead atoms. The van der Waals surface area contributed by atoms with E-state index in [0.717, 1.165) is 5.57 Å². The molecule has 1 amide bonds. The predicted molar refractivity (Wildman–Crippen MR) is 85.0 cm³/mol. The summed E-state index contributed by atoms with van der Waals surface area (Å²) in [4.78, 5) is 25.0. The molecule has 0 atom stereocenters. The number of halogens is 1. The summed E-state index contributed by atoms with van der Waals surface area (Å²) in [6, 6.07) is 6.68. The summed E-state index contributed by atoms with van der Waals surface area (Å²) >= 11 is 5.80. The molecule has 0 fully saturated rings. The second kappa shape index (κ2) is 9.10. The molecule has 0 radical (unpaired) electrons. The smallest absolute Gasteiger partial charge is 0.344 e. The van der Waals surface area contributed by atoms with Crippen LogP contribution in [0.25, 0.3) is 0 Å². The third kappa shape index (κ3) is 6.63. The molecule has 0 heterocycles. The van der Waals surface area contributed by atoms with Crippen LogP contribution in [0, 0.1) is 0 Å². The van der Waals surface area contributed by atoms with Crippen molar-refractivity contribution in [1.29, 1.82) is 0 Å². The van der Waals surface area contributed by atoms with Crippen molar-refractivity contribution in [3.05, 3.63) is 41.4 Å². The van der Waals surface area contributed by atoms with Gasteiger partial charge in [0.15, 0.2) is 13.2 Å². The first kappa shape index (κ1) is 18.0. The fourth-order valence-electron chi connectivity index (χ4n) is 1.68. The number of nitrogens with zero attached hydrogens (tertiary/aromatic N) is 1. The SMILES string of the molecule is C=C(C)CN(CC)C(=O)COC(=O)COc1cccc(Cl)c1. The Morgan fingerprint density at radius 3 is 2.64 bits per heavy atom. The van der Waals surface area contributed by atoms with E-state index in [-0.39, 0.29) is 19.1 Å². The third-order valence-electron chi connectivity index (χ3n) is 2.70. The number of ether oxygens (including phenoxy) is 2. The Hall–Kier alpha value is -2.01. The van der Waals surface area contributed by atoms with Crippen molar-refractivity contribution in [1.82, 2.24) is 4.90 Å². The van der Waals surface area contributed by atoms with E-state index in [2.05, 4.69) is 6.58 Å². The van der Waals surface area contributed by atoms with Gasteiger partial charge in [-0.2, -0.15) is 0 Å². The molecule has 1 aromatic rings. The Bertz CT molecular complexity index is 545. The number of esters is 1. The number of benzene rings is 1. The lowest BCUT2D eigenvalue weighted by Crippen LogP contribution is -2.36. The van der Waals surface area contributed by atoms with Crippen LogP contribution in [0.5, 0.6) is 5.75 Å². The summed E-state index contributed by atoms with van der Waals surface area (Å²) in [6.07, 6.45) is 0. The maximum Gasteiger partial charge on any atom is 0.344 e. The van der Waals surface area contributed by atoms with Gasteiger partial charge >= 0.3 is 5.97 Å². The second-order valence-electron chi connectivity index (χ2n) is 4.77. The lowest BCUT2D eigenvalue weighted by Gasteiger charge is -2.20. The topological polar surface area (TPSA) is 55.8 Å². The van der Waals surface area contributed by atoms with Crippen molar-refractivity contribution in [3.63, 3.8) is 0 Å². The quantitative estimate of drug-likeness (QED) is 0.544. The van der Waals surface area contributed by atoms with E-state index in [1.807, 2.05) is 13.8 Å². The van der Waals surface area contributed by atoms with Crippen molar-refractivity contribution in [2.75, 3.05) is 26.3 Å². The molecule has 6 heteroatoms. The minimum absolute atomic E-state index is 0.262. The first-order valence-corrected chi connectivity index (χ1v) is 7.26. The summed E-state index contributed by atoms with van der Waals surface area (Å²) in [7, 11) is 0. The first-order valence-electron chi connectivity index (χ1n) is 6.88. The number of carbonyl (C=O) groups is 2. The van der Waals surface area contributed by atoms with Crippen molar-refractivity contribution in [2.24, 2.45) is 0 Å². The maximum absolute atomic E-state index is 11.9. The average Bonchev–Trinajstić information content (AvgIpc) is 2.48. The summed E-state index contributed by atoms with van der Waals surface area (Å²) in [6.45, 7) is 7.84. The maximum atomic E-state index is 11.9. The van der Waals surface area contributed by atoms with Crippen LogP contribution in [0.4, 0.5) is 0 Å². The summed E-state index contributed by atoms with van der Waals surface area (Å²) in [5.74, 6) is -0.408. The van der Waals surface area contributed by atoms with Gasteiger partial charge in [0.1, 0.15) is 5.75 Å². The highest BCUT2D eigenvalue weighted by molar-refractivity contribution is 6.30. The zero-order valence-corrected chi connectivity index (χ0v) is 13.6. The fourth-order valence-corrected chi connectivity index (χ4v) is 1.86. The lowest BCUT2D eigenvalue weighted by molar-refractivity contribution is -0.153. The van der Waals surface area contributed by atoms with Crippen LogP contribution < -0.4 is 4.74 Å². The van der Waals surface area contributed by atoms with Gasteiger partial charge in [-0.3, -0.25) is 4.79 Å². The minimum atomic E-state index is -0.611. The second-order valence-corrected chi connectivity index (χ2v) is 5.21. The van der Waals surface area contributed by atoms with Crippen LogP contribution in [-0.2, 0) is 14.3 Å². The Balaban J connectivity index is 2.36. The Morgan fingerprint density at radius 1 is 1.32 bits per heavy atom. The summed E-state index contributed by atoms with van der Waals surface area (Å²) in [5.41, 5.74) is 0.866. The van der Waals surface area contributed by atoms with Crippen molar-refractivity contribution in [3.8, 4) is 5.75 Å². The van der Waals surface area contributed by atoms with Crippen molar-refractivity contribution >= 4 is 23.5 Å². The highest BCUT2D eigenvalue weighted by atomic mass is 35.5. The largest absolute Gasteiger partial charge is 0.482 e. The molecule has 0 saturated carbocycles. The monoisotopic (exact) mass is 325 g/mol. The van der Waals surface area contributed by atoms with Gasteiger partial charge in [-0.15, -0.1) is 0 Å². The van der Waals surface area contributed by atoms with E-state index >= 15 is 0 Å². The van der Waals surface area contributed by atoms with Gasteiger partial charge in [-0.1, -0.05) is 29.8 Å². The van der Waals surface area contributed by atoms with Crippen molar-refractivity contribution < 1.29 is 19.1 Å². The molecule has 0 aromatic heterocycles. The summed E-state index contributed by atoms with van der Waals surface area (Å²) in [5, 5.41) is 0.513. The summed E-state index contributed by atoms with van der Waals surface area (Å²) < 4.78 is 10.1. The zero-order chi connectivity index (χ0) is 16.5. The number of hydrogen-bond donors (Lipinski definition) is 0. The van der Waals surface area contributed by atoms with Crippen LogP contribution in [0.1, 0.15) is 13.8 Å². The standard InChI is InChI=1S/C16H20ClNO4/c1-4-18(9-12(2)3)15(19)10-22-16(20)11-21-14-7-5-6-13(17)8-14/h5-8H,2,4,9-11H2,1,3H3. The average molecular weight is 326 g/mol. The normalized spacial score (nSPS) is 9.95. The number of likely N-dealkylation sites (N-methyl/N-ethyl adjacent to an activating group) is 1. The number of carbonyl (C=O) groups excluding carboxylic acids is 2. The predicted octanol–water partition coefficient (Wildman–Crippen LogP) is 2.69. The molecule has 1 rings (SSSR count). The van der Waals surface area contributed by atoms with Crippen LogP contribution in [0.15, 0.2) is 36.4 Å². The molecule has 1 aromatic carbocycles. The van der Waals surface area contributed by atoms with Crippen molar-refractivity contribution in [2.45, 2.75) is 13.8 Å². The molecule has 22 heavy (non-hydrogen) atoms. The molecule has 0 aliphatic rings. The molecule has 0 saturated heterocycles. The molecule has 0 spiro atoms. The molecule has 120 valence electrons. The van der Waals surface area contributed by atoms with Gasteiger partial charge in [0.05, 0.1) is 0 Å².